The van der Waals surface area contributed by atoms with Crippen LogP contribution in [-0.4, -0.2) is 25.2 Å². The minimum atomic E-state index is -0.283. The normalized spacial score (nSPS) is 13.4. The first kappa shape index (κ1) is 19.5. The molecule has 0 aliphatic carbocycles. The van der Waals surface area contributed by atoms with E-state index in [1.807, 2.05) is 4.57 Å². The average molecular weight is 396 g/mol. The second kappa shape index (κ2) is 7.54. The van der Waals surface area contributed by atoms with Crippen molar-refractivity contribution in [2.75, 3.05) is 11.4 Å². The Morgan fingerprint density at radius 1 is 1.07 bits per heavy atom. The third-order valence-electron chi connectivity index (χ3n) is 5.88. The van der Waals surface area contributed by atoms with Crippen molar-refractivity contribution in [1.82, 2.24) is 18.7 Å². The smallest absolute Gasteiger partial charge is 0.310 e. The van der Waals surface area contributed by atoms with Gasteiger partial charge in [0.05, 0.1) is 0 Å². The van der Waals surface area contributed by atoms with Crippen LogP contribution in [-0.2, 0) is 20.1 Å². The number of rotatable bonds is 6. The Labute approximate surface area is 170 Å². The highest BCUT2D eigenvalue weighted by molar-refractivity contribution is 5.78. The van der Waals surface area contributed by atoms with E-state index in [1.54, 1.807) is 7.05 Å². The van der Waals surface area contributed by atoms with Crippen LogP contribution >= 0.6 is 0 Å². The lowest BCUT2D eigenvalue weighted by Gasteiger charge is -2.19. The number of anilines is 2. The first-order valence-electron chi connectivity index (χ1n) is 10.5. The molecule has 0 bridgehead atoms. The van der Waals surface area contributed by atoms with Crippen LogP contribution in [0.5, 0.6) is 0 Å². The molecule has 1 aromatic carbocycles. The molecule has 0 spiro atoms. The third-order valence-corrected chi connectivity index (χ3v) is 5.88. The zero-order valence-corrected chi connectivity index (χ0v) is 17.7. The van der Waals surface area contributed by atoms with Crippen molar-refractivity contribution in [3.8, 4) is 0 Å². The van der Waals surface area contributed by atoms with Gasteiger partial charge in [0.25, 0.3) is 5.56 Å². The van der Waals surface area contributed by atoms with Crippen molar-refractivity contribution < 1.29 is 0 Å². The monoisotopic (exact) mass is 395 g/mol. The first-order valence-corrected chi connectivity index (χ1v) is 10.5. The molecule has 154 valence electrons. The standard InChI is InChI=1S/C22H29N5O2/c1-5-6-7-8-11-27-20(28)18-19(24(4)22(27)29)23-21-25(12-13-26(18)21)17-10-9-15(2)14-16(17)3/h9-10,14H,5-8,11-13H2,1-4H3. The van der Waals surface area contributed by atoms with Crippen molar-refractivity contribution in [2.24, 2.45) is 7.05 Å². The van der Waals surface area contributed by atoms with E-state index in [0.29, 0.717) is 24.3 Å². The molecule has 0 fully saturated rings. The molecule has 29 heavy (non-hydrogen) atoms. The molecule has 3 aromatic rings. The zero-order chi connectivity index (χ0) is 20.7. The SMILES string of the molecule is CCCCCCn1c(=O)c2c(nc3n2CCN3c2ccc(C)cc2C)n(C)c1=O. The summed E-state index contributed by atoms with van der Waals surface area (Å²) in [6.07, 6.45) is 4.10. The summed E-state index contributed by atoms with van der Waals surface area (Å²) in [5.41, 5.74) is 3.98. The Balaban J connectivity index is 1.81. The van der Waals surface area contributed by atoms with Gasteiger partial charge in [-0.05, 0) is 31.9 Å². The molecule has 0 atom stereocenters. The lowest BCUT2D eigenvalue weighted by molar-refractivity contribution is 0.538. The van der Waals surface area contributed by atoms with E-state index in [2.05, 4.69) is 43.9 Å². The van der Waals surface area contributed by atoms with Gasteiger partial charge in [-0.25, -0.2) is 4.79 Å². The van der Waals surface area contributed by atoms with Crippen LogP contribution in [0, 0.1) is 13.8 Å². The first-order chi connectivity index (χ1) is 13.9. The van der Waals surface area contributed by atoms with Gasteiger partial charge in [0.2, 0.25) is 5.95 Å². The van der Waals surface area contributed by atoms with Gasteiger partial charge in [-0.1, -0.05) is 43.9 Å². The van der Waals surface area contributed by atoms with E-state index in [9.17, 15) is 9.59 Å². The number of aromatic nitrogens is 4. The maximum atomic E-state index is 13.2. The molecule has 4 rings (SSSR count). The van der Waals surface area contributed by atoms with Gasteiger partial charge in [-0.2, -0.15) is 4.98 Å². The summed E-state index contributed by atoms with van der Waals surface area (Å²) < 4.78 is 4.87. The van der Waals surface area contributed by atoms with Crippen molar-refractivity contribution in [2.45, 2.75) is 59.5 Å². The Morgan fingerprint density at radius 3 is 2.59 bits per heavy atom. The molecule has 0 unspecified atom stereocenters. The highest BCUT2D eigenvalue weighted by Crippen LogP contribution is 2.33. The molecular weight excluding hydrogens is 366 g/mol. The number of nitrogens with zero attached hydrogens (tertiary/aromatic N) is 5. The summed E-state index contributed by atoms with van der Waals surface area (Å²) in [4.78, 5) is 32.9. The van der Waals surface area contributed by atoms with Gasteiger partial charge >= 0.3 is 5.69 Å². The quantitative estimate of drug-likeness (QED) is 0.601. The number of aryl methyl sites for hydroxylation is 3. The summed E-state index contributed by atoms with van der Waals surface area (Å²) in [5, 5.41) is 0. The molecular formula is C22H29N5O2. The van der Waals surface area contributed by atoms with E-state index >= 15 is 0 Å². The highest BCUT2D eigenvalue weighted by atomic mass is 16.2. The molecule has 7 nitrogen and oxygen atoms in total. The van der Waals surface area contributed by atoms with Crippen molar-refractivity contribution >= 4 is 22.8 Å². The maximum absolute atomic E-state index is 13.2. The largest absolute Gasteiger partial charge is 0.332 e. The van der Waals surface area contributed by atoms with Gasteiger partial charge in [-0.3, -0.25) is 13.9 Å². The van der Waals surface area contributed by atoms with E-state index in [4.69, 9.17) is 4.98 Å². The highest BCUT2D eigenvalue weighted by Gasteiger charge is 2.29. The fraction of sp³-hybridized carbons (Fsp3) is 0.500. The summed E-state index contributed by atoms with van der Waals surface area (Å²) in [7, 11) is 1.71. The van der Waals surface area contributed by atoms with Gasteiger partial charge in [-0.15, -0.1) is 0 Å². The lowest BCUT2D eigenvalue weighted by Crippen LogP contribution is -2.39. The number of fused-ring (bicyclic) bond motifs is 3. The molecule has 0 N–H and O–H groups in total. The van der Waals surface area contributed by atoms with Gasteiger partial charge in [0.15, 0.2) is 11.2 Å². The van der Waals surface area contributed by atoms with Gasteiger partial charge in [0, 0.05) is 32.4 Å². The van der Waals surface area contributed by atoms with Crippen LogP contribution in [0.3, 0.4) is 0 Å². The molecule has 1 aliphatic heterocycles. The second-order valence-corrected chi connectivity index (χ2v) is 8.04. The fourth-order valence-electron chi connectivity index (χ4n) is 4.31. The third kappa shape index (κ3) is 3.18. The molecule has 7 heteroatoms. The Hall–Kier alpha value is -2.83. The number of unbranched alkanes of at least 4 members (excludes halogenated alkanes) is 3. The number of benzene rings is 1. The van der Waals surface area contributed by atoms with Crippen molar-refractivity contribution in [1.29, 1.82) is 0 Å². The molecule has 1 aliphatic rings. The predicted octanol–water partition coefficient (Wildman–Crippen LogP) is 3.25. The molecule has 0 amide bonds. The summed E-state index contributed by atoms with van der Waals surface area (Å²) in [5.74, 6) is 0.739. The van der Waals surface area contributed by atoms with Crippen LogP contribution in [0.4, 0.5) is 11.6 Å². The molecule has 2 aromatic heterocycles. The minimum absolute atomic E-state index is 0.221. The Bertz CT molecular complexity index is 1180. The van der Waals surface area contributed by atoms with Gasteiger partial charge in [0.1, 0.15) is 0 Å². The van der Waals surface area contributed by atoms with E-state index in [1.165, 1.54) is 20.3 Å². The van der Waals surface area contributed by atoms with E-state index < -0.39 is 0 Å². The van der Waals surface area contributed by atoms with Crippen molar-refractivity contribution in [3.63, 3.8) is 0 Å². The molecule has 0 radical (unpaired) electrons. The maximum Gasteiger partial charge on any atom is 0.332 e. The minimum Gasteiger partial charge on any atom is -0.310 e. The number of hydrogen-bond donors (Lipinski definition) is 0. The van der Waals surface area contributed by atoms with Crippen LogP contribution in [0.1, 0.15) is 43.7 Å². The second-order valence-electron chi connectivity index (χ2n) is 8.04. The average Bonchev–Trinajstić information content (AvgIpc) is 3.25. The number of imidazole rings is 1. The summed E-state index contributed by atoms with van der Waals surface area (Å²) >= 11 is 0. The summed E-state index contributed by atoms with van der Waals surface area (Å²) in [6.45, 7) is 8.22. The van der Waals surface area contributed by atoms with E-state index in [-0.39, 0.29) is 11.2 Å². The topological polar surface area (TPSA) is 65.1 Å². The van der Waals surface area contributed by atoms with Gasteiger partial charge < -0.3 is 9.47 Å². The Morgan fingerprint density at radius 2 is 1.86 bits per heavy atom. The predicted molar refractivity (Wildman–Crippen MR) is 116 cm³/mol. The summed E-state index contributed by atoms with van der Waals surface area (Å²) in [6, 6.07) is 6.34. The lowest BCUT2D eigenvalue weighted by atomic mass is 10.1. The van der Waals surface area contributed by atoms with Crippen LogP contribution < -0.4 is 16.1 Å². The van der Waals surface area contributed by atoms with Crippen LogP contribution in [0.15, 0.2) is 27.8 Å². The molecule has 3 heterocycles. The number of hydrogen-bond acceptors (Lipinski definition) is 4. The van der Waals surface area contributed by atoms with Crippen molar-refractivity contribution in [3.05, 3.63) is 50.2 Å². The van der Waals surface area contributed by atoms with Crippen LogP contribution in [0.25, 0.3) is 11.2 Å². The van der Waals surface area contributed by atoms with Crippen LogP contribution in [0.2, 0.25) is 0 Å². The fourth-order valence-corrected chi connectivity index (χ4v) is 4.31. The molecule has 0 saturated carbocycles. The molecule has 0 saturated heterocycles. The zero-order valence-electron chi connectivity index (χ0n) is 17.7. The van der Waals surface area contributed by atoms with E-state index in [0.717, 1.165) is 43.9 Å². The Kier molecular flexibility index (Phi) is 5.06.